The SMILES string of the molecule is CCOC(=O)C(CC)C(=O)OCc1cc(OCC)ccc1OCC. The van der Waals surface area contributed by atoms with E-state index in [1.165, 1.54) is 0 Å². The van der Waals surface area contributed by atoms with Gasteiger partial charge in [0.25, 0.3) is 0 Å². The highest BCUT2D eigenvalue weighted by Gasteiger charge is 2.28. The third kappa shape index (κ3) is 5.76. The van der Waals surface area contributed by atoms with Crippen molar-refractivity contribution in [3.63, 3.8) is 0 Å². The van der Waals surface area contributed by atoms with Crippen molar-refractivity contribution in [1.29, 1.82) is 0 Å². The first-order valence-corrected chi connectivity index (χ1v) is 8.29. The maximum Gasteiger partial charge on any atom is 0.320 e. The average molecular weight is 338 g/mol. The Labute approximate surface area is 143 Å². The molecule has 0 N–H and O–H groups in total. The van der Waals surface area contributed by atoms with Gasteiger partial charge in [-0.05, 0) is 45.4 Å². The second-order valence-electron chi connectivity index (χ2n) is 4.96. The summed E-state index contributed by atoms with van der Waals surface area (Å²) in [6.45, 7) is 8.47. The van der Waals surface area contributed by atoms with Gasteiger partial charge in [-0.2, -0.15) is 0 Å². The summed E-state index contributed by atoms with van der Waals surface area (Å²) in [5.41, 5.74) is 0.690. The molecule has 1 rings (SSSR count). The maximum atomic E-state index is 12.1. The lowest BCUT2D eigenvalue weighted by Crippen LogP contribution is -2.27. The summed E-state index contributed by atoms with van der Waals surface area (Å²) in [6, 6.07) is 5.35. The van der Waals surface area contributed by atoms with E-state index < -0.39 is 17.9 Å². The highest BCUT2D eigenvalue weighted by atomic mass is 16.6. The molecule has 0 fully saturated rings. The van der Waals surface area contributed by atoms with Crippen LogP contribution in [-0.4, -0.2) is 31.8 Å². The van der Waals surface area contributed by atoms with Crippen molar-refractivity contribution in [2.24, 2.45) is 5.92 Å². The Balaban J connectivity index is 2.81. The van der Waals surface area contributed by atoms with Crippen LogP contribution in [0.4, 0.5) is 0 Å². The summed E-state index contributed by atoms with van der Waals surface area (Å²) in [5, 5.41) is 0. The van der Waals surface area contributed by atoms with E-state index >= 15 is 0 Å². The normalized spacial score (nSPS) is 11.5. The molecule has 1 atom stereocenters. The van der Waals surface area contributed by atoms with Crippen molar-refractivity contribution < 1.29 is 28.5 Å². The number of hydrogen-bond acceptors (Lipinski definition) is 6. The minimum Gasteiger partial charge on any atom is -0.494 e. The van der Waals surface area contributed by atoms with Crippen LogP contribution in [0.2, 0.25) is 0 Å². The Morgan fingerprint density at radius 1 is 0.917 bits per heavy atom. The van der Waals surface area contributed by atoms with E-state index in [4.69, 9.17) is 18.9 Å². The van der Waals surface area contributed by atoms with Gasteiger partial charge in [-0.15, -0.1) is 0 Å². The van der Waals surface area contributed by atoms with Crippen LogP contribution in [0.25, 0.3) is 0 Å². The number of rotatable bonds is 10. The fourth-order valence-corrected chi connectivity index (χ4v) is 2.14. The van der Waals surface area contributed by atoms with Gasteiger partial charge >= 0.3 is 11.9 Å². The molecule has 0 aromatic heterocycles. The van der Waals surface area contributed by atoms with Crippen LogP contribution < -0.4 is 9.47 Å². The van der Waals surface area contributed by atoms with E-state index in [2.05, 4.69) is 0 Å². The summed E-state index contributed by atoms with van der Waals surface area (Å²) < 4.78 is 21.2. The lowest BCUT2D eigenvalue weighted by Gasteiger charge is -2.15. The molecule has 6 heteroatoms. The molecule has 24 heavy (non-hydrogen) atoms. The van der Waals surface area contributed by atoms with E-state index in [9.17, 15) is 9.59 Å². The van der Waals surface area contributed by atoms with Crippen molar-refractivity contribution in [1.82, 2.24) is 0 Å². The smallest absolute Gasteiger partial charge is 0.320 e. The number of hydrogen-bond donors (Lipinski definition) is 0. The molecule has 0 heterocycles. The monoisotopic (exact) mass is 338 g/mol. The molecular formula is C18H26O6. The molecule has 0 amide bonds. The van der Waals surface area contributed by atoms with Gasteiger partial charge in [0.1, 0.15) is 18.1 Å². The van der Waals surface area contributed by atoms with E-state index in [1.54, 1.807) is 32.0 Å². The molecule has 1 aromatic carbocycles. The van der Waals surface area contributed by atoms with E-state index in [0.29, 0.717) is 36.7 Å². The predicted molar refractivity (Wildman–Crippen MR) is 89.0 cm³/mol. The summed E-state index contributed by atoms with van der Waals surface area (Å²) in [4.78, 5) is 23.9. The topological polar surface area (TPSA) is 71.1 Å². The summed E-state index contributed by atoms with van der Waals surface area (Å²) >= 11 is 0. The number of esters is 2. The highest BCUT2D eigenvalue weighted by Crippen LogP contribution is 2.25. The molecule has 0 spiro atoms. The van der Waals surface area contributed by atoms with Crippen LogP contribution in [0.1, 0.15) is 39.7 Å². The lowest BCUT2D eigenvalue weighted by molar-refractivity contribution is -0.162. The highest BCUT2D eigenvalue weighted by molar-refractivity contribution is 5.94. The molecule has 0 bridgehead atoms. The largest absolute Gasteiger partial charge is 0.494 e. The van der Waals surface area contributed by atoms with Crippen LogP contribution in [0.3, 0.4) is 0 Å². The first kappa shape index (κ1) is 19.8. The van der Waals surface area contributed by atoms with Gasteiger partial charge in [0.15, 0.2) is 5.92 Å². The van der Waals surface area contributed by atoms with Crippen LogP contribution in [0, 0.1) is 5.92 Å². The Kier molecular flexibility index (Phi) is 8.68. The van der Waals surface area contributed by atoms with E-state index in [-0.39, 0.29) is 13.2 Å². The molecular weight excluding hydrogens is 312 g/mol. The fraction of sp³-hybridized carbons (Fsp3) is 0.556. The number of carbonyl (C=O) groups excluding carboxylic acids is 2. The minimum atomic E-state index is -0.907. The fourth-order valence-electron chi connectivity index (χ4n) is 2.14. The molecule has 0 aliphatic heterocycles. The van der Waals surface area contributed by atoms with Gasteiger partial charge in [0.2, 0.25) is 0 Å². The third-order valence-corrected chi connectivity index (χ3v) is 3.28. The standard InChI is InChI=1S/C18H26O6/c1-5-15(17(19)23-8-4)18(20)24-12-13-11-14(21-6-2)9-10-16(13)22-7-3/h9-11,15H,5-8,12H2,1-4H3. The molecule has 0 radical (unpaired) electrons. The Bertz CT molecular complexity index is 540. The van der Waals surface area contributed by atoms with E-state index in [1.807, 2.05) is 13.8 Å². The molecule has 134 valence electrons. The maximum absolute atomic E-state index is 12.1. The van der Waals surface area contributed by atoms with Crippen LogP contribution in [0.5, 0.6) is 11.5 Å². The molecule has 1 aromatic rings. The number of carbonyl (C=O) groups is 2. The van der Waals surface area contributed by atoms with Gasteiger partial charge in [-0.25, -0.2) is 0 Å². The Morgan fingerprint density at radius 2 is 1.58 bits per heavy atom. The van der Waals surface area contributed by atoms with Crippen LogP contribution in [-0.2, 0) is 25.7 Å². The number of ether oxygens (including phenoxy) is 4. The summed E-state index contributed by atoms with van der Waals surface area (Å²) in [6.07, 6.45) is 0.328. The van der Waals surface area contributed by atoms with Crippen LogP contribution >= 0.6 is 0 Å². The van der Waals surface area contributed by atoms with Gasteiger partial charge in [0.05, 0.1) is 19.8 Å². The van der Waals surface area contributed by atoms with Gasteiger partial charge < -0.3 is 18.9 Å². The van der Waals surface area contributed by atoms with Gasteiger partial charge in [0, 0.05) is 5.56 Å². The first-order valence-electron chi connectivity index (χ1n) is 8.29. The second kappa shape index (κ2) is 10.5. The Hall–Kier alpha value is -2.24. The zero-order valence-corrected chi connectivity index (χ0v) is 14.8. The van der Waals surface area contributed by atoms with Crippen molar-refractivity contribution in [2.45, 2.75) is 40.7 Å². The van der Waals surface area contributed by atoms with Crippen molar-refractivity contribution >= 4 is 11.9 Å². The average Bonchev–Trinajstić information content (AvgIpc) is 2.56. The van der Waals surface area contributed by atoms with Gasteiger partial charge in [-0.1, -0.05) is 6.92 Å². The number of benzene rings is 1. The molecule has 1 unspecified atom stereocenters. The van der Waals surface area contributed by atoms with E-state index in [0.717, 1.165) is 0 Å². The second-order valence-corrected chi connectivity index (χ2v) is 4.96. The third-order valence-electron chi connectivity index (χ3n) is 3.28. The zero-order valence-electron chi connectivity index (χ0n) is 14.8. The van der Waals surface area contributed by atoms with Crippen LogP contribution in [0.15, 0.2) is 18.2 Å². The molecule has 6 nitrogen and oxygen atoms in total. The lowest BCUT2D eigenvalue weighted by atomic mass is 10.1. The predicted octanol–water partition coefficient (Wildman–Crippen LogP) is 3.12. The van der Waals surface area contributed by atoms with Crippen molar-refractivity contribution in [2.75, 3.05) is 19.8 Å². The zero-order chi connectivity index (χ0) is 17.9. The van der Waals surface area contributed by atoms with Crippen molar-refractivity contribution in [3.05, 3.63) is 23.8 Å². The quantitative estimate of drug-likeness (QED) is 0.482. The first-order chi connectivity index (χ1) is 11.6. The molecule has 0 saturated heterocycles. The Morgan fingerprint density at radius 3 is 2.17 bits per heavy atom. The molecule has 0 aliphatic carbocycles. The molecule has 0 aliphatic rings. The minimum absolute atomic E-state index is 0.00495. The summed E-state index contributed by atoms with van der Waals surface area (Å²) in [7, 11) is 0. The van der Waals surface area contributed by atoms with Gasteiger partial charge in [-0.3, -0.25) is 9.59 Å². The van der Waals surface area contributed by atoms with Crippen molar-refractivity contribution in [3.8, 4) is 11.5 Å². The summed E-state index contributed by atoms with van der Waals surface area (Å²) in [5.74, 6) is -0.767. The molecule has 0 saturated carbocycles.